The van der Waals surface area contributed by atoms with E-state index in [1.165, 1.54) is 11.3 Å². The van der Waals surface area contributed by atoms with Crippen LogP contribution in [0.1, 0.15) is 28.8 Å². The molecule has 0 atom stereocenters. The number of amides is 1. The second kappa shape index (κ2) is 7.35. The Balaban J connectivity index is 2.88. The molecule has 0 radical (unpaired) electrons. The van der Waals surface area contributed by atoms with Gasteiger partial charge < -0.3 is 5.32 Å². The van der Waals surface area contributed by atoms with Crippen molar-refractivity contribution < 1.29 is 4.79 Å². The Morgan fingerprint density at radius 3 is 3.11 bits per heavy atom. The van der Waals surface area contributed by atoms with Crippen LogP contribution >= 0.6 is 11.3 Å². The van der Waals surface area contributed by atoms with Crippen LogP contribution in [0.25, 0.3) is 5.57 Å². The molecule has 0 aliphatic rings. The molecule has 6 heteroatoms. The van der Waals surface area contributed by atoms with E-state index in [1.807, 2.05) is 19.1 Å². The molecular formula is C12H14N4OS. The van der Waals surface area contributed by atoms with Gasteiger partial charge in [0.1, 0.15) is 17.2 Å². The Hall–Kier alpha value is -2.00. The highest BCUT2D eigenvalue weighted by Gasteiger charge is 2.11. The molecule has 0 bridgehead atoms. The van der Waals surface area contributed by atoms with Gasteiger partial charge in [0.15, 0.2) is 0 Å². The van der Waals surface area contributed by atoms with Gasteiger partial charge in [-0.25, -0.2) is 4.98 Å². The molecule has 0 aliphatic heterocycles. The minimum absolute atomic E-state index is 0.0141. The lowest BCUT2D eigenvalue weighted by Gasteiger charge is -1.96. The van der Waals surface area contributed by atoms with Crippen molar-refractivity contribution >= 4 is 29.0 Å². The summed E-state index contributed by atoms with van der Waals surface area (Å²) in [5.41, 5.74) is 1.24. The Morgan fingerprint density at radius 1 is 1.72 bits per heavy atom. The third-order valence-corrected chi connectivity index (χ3v) is 2.90. The maximum Gasteiger partial charge on any atom is 0.271 e. The van der Waals surface area contributed by atoms with E-state index in [-0.39, 0.29) is 12.5 Å². The Morgan fingerprint density at radius 2 is 2.50 bits per heavy atom. The molecule has 0 aromatic carbocycles. The van der Waals surface area contributed by atoms with Crippen molar-refractivity contribution in [1.82, 2.24) is 10.3 Å². The lowest BCUT2D eigenvalue weighted by atomic mass is 10.2. The van der Waals surface area contributed by atoms with Crippen molar-refractivity contribution in [2.45, 2.75) is 13.3 Å². The average molecular weight is 262 g/mol. The van der Waals surface area contributed by atoms with Crippen molar-refractivity contribution in [3.05, 3.63) is 22.2 Å². The number of nitrogens with zero attached hydrogens (tertiary/aromatic N) is 3. The number of hydrogen-bond acceptors (Lipinski definition) is 5. The molecule has 0 aliphatic carbocycles. The summed E-state index contributed by atoms with van der Waals surface area (Å²) in [5.74, 6) is -0.330. The zero-order valence-electron chi connectivity index (χ0n) is 10.3. The number of rotatable bonds is 5. The van der Waals surface area contributed by atoms with Crippen LogP contribution in [0.3, 0.4) is 0 Å². The molecule has 94 valence electrons. The van der Waals surface area contributed by atoms with Gasteiger partial charge in [0.2, 0.25) is 0 Å². The topological polar surface area (TPSA) is 78.1 Å². The molecule has 1 rings (SSSR count). The average Bonchev–Trinajstić information content (AvgIpc) is 2.85. The Labute approximate surface area is 110 Å². The molecule has 0 unspecified atom stereocenters. The molecule has 1 aromatic heterocycles. The van der Waals surface area contributed by atoms with Gasteiger partial charge in [-0.1, -0.05) is 13.0 Å². The van der Waals surface area contributed by atoms with Crippen molar-refractivity contribution in [2.75, 3.05) is 13.6 Å². The molecule has 5 nitrogen and oxygen atoms in total. The van der Waals surface area contributed by atoms with E-state index in [4.69, 9.17) is 5.26 Å². The molecular weight excluding hydrogens is 248 g/mol. The van der Waals surface area contributed by atoms with Crippen molar-refractivity contribution in [3.63, 3.8) is 0 Å². The van der Waals surface area contributed by atoms with Gasteiger partial charge in [-0.15, -0.1) is 11.3 Å². The van der Waals surface area contributed by atoms with Crippen LogP contribution < -0.4 is 5.32 Å². The van der Waals surface area contributed by atoms with E-state index in [2.05, 4.69) is 15.3 Å². The van der Waals surface area contributed by atoms with Crippen LogP contribution in [0.2, 0.25) is 0 Å². The summed E-state index contributed by atoms with van der Waals surface area (Å²) in [6.07, 6.45) is 4.60. The summed E-state index contributed by atoms with van der Waals surface area (Å²) in [4.78, 5) is 19.8. The number of aliphatic imine (C=N–C) groups is 1. The fraction of sp³-hybridized carbons (Fsp3) is 0.333. The van der Waals surface area contributed by atoms with Crippen LogP contribution in [0.15, 0.2) is 16.4 Å². The van der Waals surface area contributed by atoms with E-state index in [1.54, 1.807) is 18.6 Å². The molecule has 0 saturated heterocycles. The lowest BCUT2D eigenvalue weighted by molar-refractivity contribution is 0.0954. The van der Waals surface area contributed by atoms with E-state index in [0.29, 0.717) is 5.69 Å². The number of nitrogens with one attached hydrogen (secondary N) is 1. The number of aromatic nitrogens is 1. The van der Waals surface area contributed by atoms with Crippen LogP contribution in [0, 0.1) is 11.3 Å². The predicted molar refractivity (Wildman–Crippen MR) is 72.7 cm³/mol. The highest BCUT2D eigenvalue weighted by Crippen LogP contribution is 2.18. The number of carbonyl (C=O) groups excluding carboxylic acids is 1. The highest BCUT2D eigenvalue weighted by atomic mass is 32.1. The Bertz CT molecular complexity index is 510. The third kappa shape index (κ3) is 3.79. The van der Waals surface area contributed by atoms with Crippen molar-refractivity contribution in [2.24, 2.45) is 4.99 Å². The van der Waals surface area contributed by atoms with Gasteiger partial charge in [0, 0.05) is 24.2 Å². The summed E-state index contributed by atoms with van der Waals surface area (Å²) in [7, 11) is 1.69. The van der Waals surface area contributed by atoms with Gasteiger partial charge in [0.25, 0.3) is 5.91 Å². The first-order chi connectivity index (χ1) is 8.72. The van der Waals surface area contributed by atoms with E-state index < -0.39 is 0 Å². The number of hydrogen-bond donors (Lipinski definition) is 1. The van der Waals surface area contributed by atoms with Gasteiger partial charge in [-0.05, 0) is 6.42 Å². The van der Waals surface area contributed by atoms with Crippen LogP contribution in [0.5, 0.6) is 0 Å². The fourth-order valence-electron chi connectivity index (χ4n) is 1.28. The Kier molecular flexibility index (Phi) is 5.74. The molecule has 1 N–H and O–H groups in total. The molecule has 18 heavy (non-hydrogen) atoms. The van der Waals surface area contributed by atoms with E-state index in [0.717, 1.165) is 17.0 Å². The second-order valence-corrected chi connectivity index (χ2v) is 4.19. The number of thiazole rings is 1. The maximum absolute atomic E-state index is 11.6. The van der Waals surface area contributed by atoms with Gasteiger partial charge in [-0.2, -0.15) is 5.26 Å². The van der Waals surface area contributed by atoms with Crippen molar-refractivity contribution in [1.29, 1.82) is 5.26 Å². The maximum atomic E-state index is 11.6. The predicted octanol–water partition coefficient (Wildman–Crippen LogP) is 1.89. The zero-order chi connectivity index (χ0) is 13.4. The fourth-order valence-corrected chi connectivity index (χ4v) is 2.08. The largest absolute Gasteiger partial charge is 0.338 e. The minimum Gasteiger partial charge on any atom is -0.338 e. The summed E-state index contributed by atoms with van der Waals surface area (Å²) in [6, 6.07) is 1.85. The summed E-state index contributed by atoms with van der Waals surface area (Å²) in [5, 5.41) is 13.3. The first kappa shape index (κ1) is 14.1. The number of nitriles is 1. The van der Waals surface area contributed by atoms with E-state index in [9.17, 15) is 4.79 Å². The highest BCUT2D eigenvalue weighted by molar-refractivity contribution is 7.11. The van der Waals surface area contributed by atoms with Gasteiger partial charge >= 0.3 is 0 Å². The summed E-state index contributed by atoms with van der Waals surface area (Å²) < 4.78 is 0. The van der Waals surface area contributed by atoms with Crippen LogP contribution in [-0.2, 0) is 0 Å². The number of carbonyl (C=O) groups is 1. The molecule has 1 amide bonds. The molecule has 1 aromatic rings. The smallest absolute Gasteiger partial charge is 0.271 e. The molecule has 0 saturated carbocycles. The van der Waals surface area contributed by atoms with E-state index >= 15 is 0 Å². The second-order valence-electron chi connectivity index (χ2n) is 3.33. The summed E-state index contributed by atoms with van der Waals surface area (Å²) in [6.45, 7) is 2.01. The standard InChI is InChI=1S/C12H14N4OS/c1-3-4-9(7-14-2)12-16-10(8-18-12)11(17)15-6-5-13/h4,7-8H,3,6H2,1-2H3,(H,15,17)/b9-4+,14-7?. The van der Waals surface area contributed by atoms with Crippen LogP contribution in [0.4, 0.5) is 0 Å². The minimum atomic E-state index is -0.330. The third-order valence-electron chi connectivity index (χ3n) is 2.00. The normalized spacial score (nSPS) is 11.5. The SMILES string of the molecule is CC/C=C(\C=NC)c1nc(C(=O)NCC#N)cs1. The molecule has 1 heterocycles. The van der Waals surface area contributed by atoms with Gasteiger partial charge in [-0.3, -0.25) is 9.79 Å². The zero-order valence-corrected chi connectivity index (χ0v) is 11.1. The lowest BCUT2D eigenvalue weighted by Crippen LogP contribution is -2.23. The van der Waals surface area contributed by atoms with Crippen LogP contribution in [-0.4, -0.2) is 30.7 Å². The first-order valence-corrected chi connectivity index (χ1v) is 6.34. The van der Waals surface area contributed by atoms with Crippen molar-refractivity contribution in [3.8, 4) is 6.07 Å². The molecule has 0 fully saturated rings. The quantitative estimate of drug-likeness (QED) is 0.650. The number of allylic oxidation sites excluding steroid dienone is 2. The monoisotopic (exact) mass is 262 g/mol. The molecule has 0 spiro atoms. The van der Waals surface area contributed by atoms with Gasteiger partial charge in [0.05, 0.1) is 6.07 Å². The summed E-state index contributed by atoms with van der Waals surface area (Å²) >= 11 is 1.38. The first-order valence-electron chi connectivity index (χ1n) is 5.46.